The molecule has 2 heterocycles. The first-order valence-corrected chi connectivity index (χ1v) is 6.52. The number of methoxy groups -OCH3 is 1. The third-order valence-electron chi connectivity index (χ3n) is 4.03. The SMILES string of the molecule is COC(CN)CCN1CCN2CCCC2C1. The Bertz CT molecular complexity index is 208. The van der Waals surface area contributed by atoms with Gasteiger partial charge in [-0.3, -0.25) is 4.90 Å². The molecule has 0 amide bonds. The second kappa shape index (κ2) is 5.96. The molecule has 0 aromatic rings. The summed E-state index contributed by atoms with van der Waals surface area (Å²) in [7, 11) is 1.76. The van der Waals surface area contributed by atoms with E-state index in [1.54, 1.807) is 7.11 Å². The summed E-state index contributed by atoms with van der Waals surface area (Å²) >= 11 is 0. The molecule has 4 heteroatoms. The van der Waals surface area contributed by atoms with E-state index < -0.39 is 0 Å². The molecule has 4 nitrogen and oxygen atoms in total. The van der Waals surface area contributed by atoms with Crippen molar-refractivity contribution >= 4 is 0 Å². The average Bonchev–Trinajstić information content (AvgIpc) is 2.77. The quantitative estimate of drug-likeness (QED) is 0.725. The van der Waals surface area contributed by atoms with E-state index in [0.29, 0.717) is 6.54 Å². The van der Waals surface area contributed by atoms with Crippen molar-refractivity contribution in [3.05, 3.63) is 0 Å². The number of hydrogen-bond donors (Lipinski definition) is 1. The lowest BCUT2D eigenvalue weighted by Gasteiger charge is -2.37. The van der Waals surface area contributed by atoms with Crippen LogP contribution in [0.2, 0.25) is 0 Å². The number of piperazine rings is 1. The van der Waals surface area contributed by atoms with Crippen LogP contribution >= 0.6 is 0 Å². The molecule has 2 rings (SSSR count). The van der Waals surface area contributed by atoms with E-state index in [0.717, 1.165) is 19.0 Å². The number of hydrogen-bond acceptors (Lipinski definition) is 4. The molecule has 2 aliphatic heterocycles. The normalized spacial score (nSPS) is 29.2. The van der Waals surface area contributed by atoms with Crippen molar-refractivity contribution in [3.63, 3.8) is 0 Å². The lowest BCUT2D eigenvalue weighted by molar-refractivity contribution is 0.0653. The van der Waals surface area contributed by atoms with Crippen molar-refractivity contribution in [2.24, 2.45) is 5.73 Å². The standard InChI is InChI=1S/C12H25N3O/c1-16-12(9-13)4-6-14-7-8-15-5-2-3-11(15)10-14/h11-12H,2-10,13H2,1H3. The third-order valence-corrected chi connectivity index (χ3v) is 4.03. The molecule has 2 fully saturated rings. The van der Waals surface area contributed by atoms with Crippen LogP contribution in [0.4, 0.5) is 0 Å². The number of ether oxygens (including phenoxy) is 1. The predicted molar refractivity (Wildman–Crippen MR) is 65.5 cm³/mol. The summed E-state index contributed by atoms with van der Waals surface area (Å²) < 4.78 is 5.32. The average molecular weight is 227 g/mol. The molecule has 0 aliphatic carbocycles. The van der Waals surface area contributed by atoms with Gasteiger partial charge in [-0.15, -0.1) is 0 Å². The molecule has 0 saturated carbocycles. The highest BCUT2D eigenvalue weighted by atomic mass is 16.5. The van der Waals surface area contributed by atoms with Crippen LogP contribution in [0, 0.1) is 0 Å². The summed E-state index contributed by atoms with van der Waals surface area (Å²) in [6.07, 6.45) is 4.09. The van der Waals surface area contributed by atoms with Crippen LogP contribution in [-0.4, -0.2) is 68.3 Å². The predicted octanol–water partition coefficient (Wildman–Crippen LogP) is 0.130. The summed E-state index contributed by atoms with van der Waals surface area (Å²) in [6, 6.07) is 0.827. The van der Waals surface area contributed by atoms with Crippen molar-refractivity contribution in [3.8, 4) is 0 Å². The van der Waals surface area contributed by atoms with Crippen molar-refractivity contribution in [2.75, 3.05) is 46.4 Å². The molecule has 2 aliphatic rings. The minimum absolute atomic E-state index is 0.238. The molecule has 94 valence electrons. The highest BCUT2D eigenvalue weighted by Crippen LogP contribution is 2.21. The maximum Gasteiger partial charge on any atom is 0.0705 e. The zero-order valence-electron chi connectivity index (χ0n) is 10.4. The van der Waals surface area contributed by atoms with Gasteiger partial charge in [0.25, 0.3) is 0 Å². The second-order valence-electron chi connectivity index (χ2n) is 5.01. The van der Waals surface area contributed by atoms with Gasteiger partial charge in [0.15, 0.2) is 0 Å². The van der Waals surface area contributed by atoms with E-state index in [1.165, 1.54) is 39.0 Å². The number of nitrogens with two attached hydrogens (primary N) is 1. The van der Waals surface area contributed by atoms with Crippen LogP contribution in [0.5, 0.6) is 0 Å². The number of fused-ring (bicyclic) bond motifs is 1. The largest absolute Gasteiger partial charge is 0.380 e. The van der Waals surface area contributed by atoms with E-state index in [9.17, 15) is 0 Å². The van der Waals surface area contributed by atoms with E-state index in [4.69, 9.17) is 10.5 Å². The highest BCUT2D eigenvalue weighted by Gasteiger charge is 2.30. The van der Waals surface area contributed by atoms with Gasteiger partial charge < -0.3 is 15.4 Å². The first-order chi connectivity index (χ1) is 7.83. The molecule has 2 unspecified atom stereocenters. The molecular weight excluding hydrogens is 202 g/mol. The maximum absolute atomic E-state index is 5.63. The number of nitrogens with zero attached hydrogens (tertiary/aromatic N) is 2. The minimum Gasteiger partial charge on any atom is -0.380 e. The lowest BCUT2D eigenvalue weighted by Crippen LogP contribution is -2.50. The highest BCUT2D eigenvalue weighted by molar-refractivity contribution is 4.86. The van der Waals surface area contributed by atoms with E-state index >= 15 is 0 Å². The summed E-state index contributed by atoms with van der Waals surface area (Å²) in [4.78, 5) is 5.22. The third kappa shape index (κ3) is 2.94. The van der Waals surface area contributed by atoms with Gasteiger partial charge in [0.05, 0.1) is 6.10 Å². The molecule has 2 atom stereocenters. The zero-order chi connectivity index (χ0) is 11.4. The van der Waals surface area contributed by atoms with Gasteiger partial charge in [0, 0.05) is 45.9 Å². The molecule has 16 heavy (non-hydrogen) atoms. The Labute approximate surface area is 98.7 Å². The molecule has 0 bridgehead atoms. The summed E-state index contributed by atoms with van der Waals surface area (Å²) in [5.41, 5.74) is 5.63. The summed E-state index contributed by atoms with van der Waals surface area (Å²) in [5.74, 6) is 0. The summed E-state index contributed by atoms with van der Waals surface area (Å²) in [5, 5.41) is 0. The van der Waals surface area contributed by atoms with Gasteiger partial charge in [-0.1, -0.05) is 0 Å². The fourth-order valence-corrected chi connectivity index (χ4v) is 2.92. The Morgan fingerprint density at radius 2 is 2.25 bits per heavy atom. The maximum atomic E-state index is 5.63. The van der Waals surface area contributed by atoms with Crippen molar-refractivity contribution in [1.82, 2.24) is 9.80 Å². The smallest absolute Gasteiger partial charge is 0.0705 e. The molecule has 2 N–H and O–H groups in total. The van der Waals surface area contributed by atoms with Gasteiger partial charge in [-0.25, -0.2) is 0 Å². The van der Waals surface area contributed by atoms with Crippen molar-refractivity contribution in [2.45, 2.75) is 31.4 Å². The lowest BCUT2D eigenvalue weighted by atomic mass is 10.1. The van der Waals surface area contributed by atoms with Crippen LogP contribution in [0.1, 0.15) is 19.3 Å². The fraction of sp³-hybridized carbons (Fsp3) is 1.00. The molecule has 2 saturated heterocycles. The molecule has 0 spiro atoms. The van der Waals surface area contributed by atoms with Gasteiger partial charge in [-0.2, -0.15) is 0 Å². The van der Waals surface area contributed by atoms with Gasteiger partial charge in [0.2, 0.25) is 0 Å². The molecule has 0 aromatic heterocycles. The topological polar surface area (TPSA) is 41.7 Å². The Morgan fingerprint density at radius 3 is 3.00 bits per heavy atom. The van der Waals surface area contributed by atoms with Crippen molar-refractivity contribution in [1.29, 1.82) is 0 Å². The zero-order valence-corrected chi connectivity index (χ0v) is 10.4. The minimum atomic E-state index is 0.238. The van der Waals surface area contributed by atoms with Crippen LogP contribution in [0.3, 0.4) is 0 Å². The molecule has 0 aromatic carbocycles. The van der Waals surface area contributed by atoms with Crippen LogP contribution in [0.15, 0.2) is 0 Å². The van der Waals surface area contributed by atoms with Gasteiger partial charge >= 0.3 is 0 Å². The monoisotopic (exact) mass is 227 g/mol. The first-order valence-electron chi connectivity index (χ1n) is 6.52. The Kier molecular flexibility index (Phi) is 4.58. The van der Waals surface area contributed by atoms with Crippen molar-refractivity contribution < 1.29 is 4.74 Å². The molecule has 0 radical (unpaired) electrons. The fourth-order valence-electron chi connectivity index (χ4n) is 2.92. The number of rotatable bonds is 5. The molecular formula is C12H25N3O. The Morgan fingerprint density at radius 1 is 1.38 bits per heavy atom. The Balaban J connectivity index is 1.70. The Hall–Kier alpha value is -0.160. The van der Waals surface area contributed by atoms with Crippen LogP contribution < -0.4 is 5.73 Å². The van der Waals surface area contributed by atoms with Gasteiger partial charge in [-0.05, 0) is 25.8 Å². The van der Waals surface area contributed by atoms with E-state index in [1.807, 2.05) is 0 Å². The second-order valence-corrected chi connectivity index (χ2v) is 5.01. The van der Waals surface area contributed by atoms with Gasteiger partial charge in [0.1, 0.15) is 0 Å². The van der Waals surface area contributed by atoms with E-state index in [2.05, 4.69) is 9.80 Å². The van der Waals surface area contributed by atoms with Crippen LogP contribution in [-0.2, 0) is 4.74 Å². The first kappa shape index (κ1) is 12.3. The van der Waals surface area contributed by atoms with E-state index in [-0.39, 0.29) is 6.10 Å². The van der Waals surface area contributed by atoms with Crippen LogP contribution in [0.25, 0.3) is 0 Å². The summed E-state index contributed by atoms with van der Waals surface area (Å²) in [6.45, 7) is 6.82.